The summed E-state index contributed by atoms with van der Waals surface area (Å²) < 4.78 is 13.4. The quantitative estimate of drug-likeness (QED) is 0.797. The van der Waals surface area contributed by atoms with Gasteiger partial charge in [0.15, 0.2) is 0 Å². The van der Waals surface area contributed by atoms with Gasteiger partial charge in [0.2, 0.25) is 5.91 Å². The molecule has 4 aliphatic carbocycles. The summed E-state index contributed by atoms with van der Waals surface area (Å²) in [4.78, 5) is 29.3. The Balaban J connectivity index is 1.18. The van der Waals surface area contributed by atoms with Crippen LogP contribution in [-0.2, 0) is 4.79 Å². The maximum absolute atomic E-state index is 13.4. The third kappa shape index (κ3) is 3.33. The average Bonchev–Trinajstić information content (AvgIpc) is 2.66. The van der Waals surface area contributed by atoms with E-state index < -0.39 is 5.82 Å². The SMILES string of the molecule is O=C(CC12CC3CC(CC(C3)C1)C2)N1CCN(C(=O)c2cccc(F)c2)CC1. The predicted molar refractivity (Wildman–Crippen MR) is 104 cm³/mol. The number of nitrogens with zero attached hydrogens (tertiary/aromatic N) is 2. The van der Waals surface area contributed by atoms with Gasteiger partial charge in [-0.25, -0.2) is 4.39 Å². The van der Waals surface area contributed by atoms with E-state index in [4.69, 9.17) is 0 Å². The largest absolute Gasteiger partial charge is 0.339 e. The molecule has 28 heavy (non-hydrogen) atoms. The minimum absolute atomic E-state index is 0.146. The van der Waals surface area contributed by atoms with Crippen molar-refractivity contribution in [2.45, 2.75) is 44.9 Å². The molecule has 4 nitrogen and oxygen atoms in total. The summed E-state index contributed by atoms with van der Waals surface area (Å²) in [5.74, 6) is 2.32. The van der Waals surface area contributed by atoms with E-state index >= 15 is 0 Å². The number of carbonyl (C=O) groups excluding carboxylic acids is 2. The van der Waals surface area contributed by atoms with Gasteiger partial charge in [0.25, 0.3) is 5.91 Å². The standard InChI is InChI=1S/C23H29FN2O2/c24-20-3-1-2-19(11-20)22(28)26-6-4-25(5-7-26)21(27)15-23-12-16-8-17(13-23)10-18(9-16)14-23/h1-3,11,16-18H,4-10,12-15H2. The molecule has 2 amide bonds. The summed E-state index contributed by atoms with van der Waals surface area (Å²) in [7, 11) is 0. The molecule has 5 fully saturated rings. The van der Waals surface area contributed by atoms with Crippen LogP contribution in [0.2, 0.25) is 0 Å². The minimum atomic E-state index is -0.393. The van der Waals surface area contributed by atoms with E-state index in [2.05, 4.69) is 0 Å². The molecule has 4 bridgehead atoms. The van der Waals surface area contributed by atoms with E-state index in [0.717, 1.165) is 17.8 Å². The van der Waals surface area contributed by atoms with Crippen LogP contribution in [0.1, 0.15) is 55.3 Å². The highest BCUT2D eigenvalue weighted by molar-refractivity contribution is 5.94. The van der Waals surface area contributed by atoms with Gasteiger partial charge in [-0.15, -0.1) is 0 Å². The molecule has 150 valence electrons. The van der Waals surface area contributed by atoms with Crippen LogP contribution in [0.3, 0.4) is 0 Å². The van der Waals surface area contributed by atoms with Gasteiger partial charge in [-0.2, -0.15) is 0 Å². The normalized spacial score (nSPS) is 34.0. The van der Waals surface area contributed by atoms with Crippen molar-refractivity contribution >= 4 is 11.8 Å². The van der Waals surface area contributed by atoms with Crippen molar-refractivity contribution in [2.75, 3.05) is 26.2 Å². The minimum Gasteiger partial charge on any atom is -0.339 e. The molecule has 5 aliphatic rings. The number of rotatable bonds is 3. The molecule has 1 aliphatic heterocycles. The first-order chi connectivity index (χ1) is 13.5. The molecule has 1 heterocycles. The first-order valence-electron chi connectivity index (χ1n) is 10.8. The molecule has 0 radical (unpaired) electrons. The Kier molecular flexibility index (Phi) is 4.44. The monoisotopic (exact) mass is 384 g/mol. The van der Waals surface area contributed by atoms with Crippen molar-refractivity contribution in [2.24, 2.45) is 23.2 Å². The fourth-order valence-electron chi connectivity index (χ4n) is 6.90. The van der Waals surface area contributed by atoms with Crippen molar-refractivity contribution in [1.82, 2.24) is 9.80 Å². The zero-order valence-corrected chi connectivity index (χ0v) is 16.4. The number of hydrogen-bond donors (Lipinski definition) is 0. The molecule has 6 rings (SSSR count). The van der Waals surface area contributed by atoms with Gasteiger partial charge in [0.05, 0.1) is 0 Å². The Morgan fingerprint density at radius 2 is 1.50 bits per heavy atom. The molecule has 4 saturated carbocycles. The van der Waals surface area contributed by atoms with Crippen LogP contribution in [0.5, 0.6) is 0 Å². The van der Waals surface area contributed by atoms with Crippen molar-refractivity contribution in [3.8, 4) is 0 Å². The van der Waals surface area contributed by atoms with E-state index in [0.29, 0.717) is 38.2 Å². The van der Waals surface area contributed by atoms with Crippen LogP contribution < -0.4 is 0 Å². The molecule has 1 aromatic carbocycles. The number of amides is 2. The summed E-state index contributed by atoms with van der Waals surface area (Å²) in [6.45, 7) is 2.24. The highest BCUT2D eigenvalue weighted by Crippen LogP contribution is 2.61. The summed E-state index contributed by atoms with van der Waals surface area (Å²) in [5.41, 5.74) is 0.647. The van der Waals surface area contributed by atoms with Gasteiger partial charge in [-0.05, 0) is 79.9 Å². The van der Waals surface area contributed by atoms with Gasteiger partial charge < -0.3 is 9.80 Å². The number of halogens is 1. The first-order valence-corrected chi connectivity index (χ1v) is 10.8. The van der Waals surface area contributed by atoms with Gasteiger partial charge in [0.1, 0.15) is 5.82 Å². The zero-order valence-electron chi connectivity index (χ0n) is 16.4. The van der Waals surface area contributed by atoms with Crippen LogP contribution in [-0.4, -0.2) is 47.8 Å². The van der Waals surface area contributed by atoms with Crippen LogP contribution in [0.4, 0.5) is 4.39 Å². The second-order valence-electron chi connectivity index (χ2n) is 9.78. The Labute approximate surface area is 166 Å². The lowest BCUT2D eigenvalue weighted by atomic mass is 9.49. The molecule has 0 unspecified atom stereocenters. The fourth-order valence-corrected chi connectivity index (χ4v) is 6.90. The average molecular weight is 384 g/mol. The maximum atomic E-state index is 13.4. The van der Waals surface area contributed by atoms with Crippen LogP contribution in [0.25, 0.3) is 0 Å². The zero-order chi connectivity index (χ0) is 19.3. The molecule has 1 aromatic rings. The Hall–Kier alpha value is -1.91. The fraction of sp³-hybridized carbons (Fsp3) is 0.652. The first kappa shape index (κ1) is 18.1. The van der Waals surface area contributed by atoms with Crippen molar-refractivity contribution in [1.29, 1.82) is 0 Å². The maximum Gasteiger partial charge on any atom is 0.254 e. The molecule has 0 spiro atoms. The van der Waals surface area contributed by atoms with Crippen molar-refractivity contribution in [3.63, 3.8) is 0 Å². The summed E-state index contributed by atoms with van der Waals surface area (Å²) in [6.07, 6.45) is 8.65. The third-order valence-electron chi connectivity index (χ3n) is 7.68. The molecular weight excluding hydrogens is 355 g/mol. The lowest BCUT2D eigenvalue weighted by Crippen LogP contribution is -2.53. The summed E-state index contributed by atoms with van der Waals surface area (Å²) >= 11 is 0. The number of carbonyl (C=O) groups is 2. The molecular formula is C23H29FN2O2. The molecule has 0 aromatic heterocycles. The van der Waals surface area contributed by atoms with E-state index in [9.17, 15) is 14.0 Å². The highest BCUT2D eigenvalue weighted by atomic mass is 19.1. The number of benzene rings is 1. The van der Waals surface area contributed by atoms with Gasteiger partial charge >= 0.3 is 0 Å². The summed E-state index contributed by atoms with van der Waals surface area (Å²) in [5, 5.41) is 0. The van der Waals surface area contributed by atoms with E-state index in [-0.39, 0.29) is 17.2 Å². The second-order valence-corrected chi connectivity index (χ2v) is 9.78. The molecule has 0 atom stereocenters. The van der Waals surface area contributed by atoms with E-state index in [1.807, 2.05) is 4.90 Å². The summed E-state index contributed by atoms with van der Waals surface area (Å²) in [6, 6.07) is 5.84. The Morgan fingerprint density at radius 1 is 0.929 bits per heavy atom. The Bertz CT molecular complexity index is 749. The van der Waals surface area contributed by atoms with Gasteiger partial charge in [-0.1, -0.05) is 6.07 Å². The molecule has 1 saturated heterocycles. The molecule has 5 heteroatoms. The third-order valence-corrected chi connectivity index (χ3v) is 7.68. The van der Waals surface area contributed by atoms with E-state index in [1.54, 1.807) is 17.0 Å². The number of piperazine rings is 1. The van der Waals surface area contributed by atoms with Crippen LogP contribution >= 0.6 is 0 Å². The Morgan fingerprint density at radius 3 is 2.07 bits per heavy atom. The molecule has 0 N–H and O–H groups in total. The van der Waals surface area contributed by atoms with Crippen molar-refractivity contribution in [3.05, 3.63) is 35.6 Å². The lowest BCUT2D eigenvalue weighted by Gasteiger charge is -2.57. The van der Waals surface area contributed by atoms with Gasteiger partial charge in [0, 0.05) is 38.2 Å². The topological polar surface area (TPSA) is 40.6 Å². The van der Waals surface area contributed by atoms with E-state index in [1.165, 1.54) is 50.7 Å². The lowest BCUT2D eigenvalue weighted by molar-refractivity contribution is -0.141. The van der Waals surface area contributed by atoms with Crippen LogP contribution in [0, 0.1) is 29.0 Å². The van der Waals surface area contributed by atoms with Crippen molar-refractivity contribution < 1.29 is 14.0 Å². The predicted octanol–water partition coefficient (Wildman–Crippen LogP) is 3.72. The number of hydrogen-bond acceptors (Lipinski definition) is 2. The van der Waals surface area contributed by atoms with Gasteiger partial charge in [-0.3, -0.25) is 9.59 Å². The van der Waals surface area contributed by atoms with Crippen LogP contribution in [0.15, 0.2) is 24.3 Å². The second kappa shape index (κ2) is 6.85. The smallest absolute Gasteiger partial charge is 0.254 e. The highest BCUT2D eigenvalue weighted by Gasteiger charge is 2.51.